The number of hydrogen-bond acceptors (Lipinski definition) is 3. The van der Waals surface area contributed by atoms with E-state index in [1.165, 1.54) is 0 Å². The second-order valence-corrected chi connectivity index (χ2v) is 5.48. The molecule has 0 aromatic heterocycles. The molecule has 1 N–H and O–H groups in total. The maximum Gasteiger partial charge on any atom is 0.251 e. The fourth-order valence-corrected chi connectivity index (χ4v) is 2.70. The average molecular weight is 298 g/mol. The van der Waals surface area contributed by atoms with E-state index in [0.29, 0.717) is 17.2 Å². The van der Waals surface area contributed by atoms with Gasteiger partial charge in [0.05, 0.1) is 18.8 Å². The number of aryl methyl sites for hydroxylation is 1. The number of ether oxygens (including phenoxy) is 2. The Hall–Kier alpha value is -1.10. The molecule has 0 saturated carbocycles. The molecule has 1 fully saturated rings. The van der Waals surface area contributed by atoms with E-state index in [9.17, 15) is 4.79 Å². The van der Waals surface area contributed by atoms with Gasteiger partial charge in [0, 0.05) is 24.3 Å². The Bertz CT molecular complexity index is 472. The Balaban J connectivity index is 2.07. The summed E-state index contributed by atoms with van der Waals surface area (Å²) in [7, 11) is 1.63. The monoisotopic (exact) mass is 297 g/mol. The average Bonchev–Trinajstić information content (AvgIpc) is 2.91. The molecular weight excluding hydrogens is 278 g/mol. The number of methoxy groups -OCH3 is 1. The largest absolute Gasteiger partial charge is 0.382 e. The van der Waals surface area contributed by atoms with Gasteiger partial charge in [-0.2, -0.15) is 0 Å². The number of benzene rings is 1. The summed E-state index contributed by atoms with van der Waals surface area (Å²) in [6.07, 6.45) is 2.01. The molecule has 2 atom stereocenters. The molecule has 0 bridgehead atoms. The Morgan fingerprint density at radius 2 is 2.40 bits per heavy atom. The number of halogens is 1. The van der Waals surface area contributed by atoms with Crippen LogP contribution in [0.25, 0.3) is 0 Å². The molecule has 1 aliphatic rings. The highest BCUT2D eigenvalue weighted by Gasteiger charge is 2.27. The van der Waals surface area contributed by atoms with Crippen LogP contribution in [0.4, 0.5) is 0 Å². The van der Waals surface area contributed by atoms with Gasteiger partial charge in [-0.3, -0.25) is 4.79 Å². The van der Waals surface area contributed by atoms with E-state index in [4.69, 9.17) is 21.1 Å². The van der Waals surface area contributed by atoms with Crippen molar-refractivity contribution >= 4 is 17.5 Å². The first kappa shape index (κ1) is 15.3. The highest BCUT2D eigenvalue weighted by Crippen LogP contribution is 2.18. The fraction of sp³-hybridized carbons (Fsp3) is 0.533. The highest BCUT2D eigenvalue weighted by atomic mass is 35.5. The third-order valence-corrected chi connectivity index (χ3v) is 3.74. The Labute approximate surface area is 124 Å². The van der Waals surface area contributed by atoms with Crippen LogP contribution in [-0.4, -0.2) is 38.4 Å². The van der Waals surface area contributed by atoms with Gasteiger partial charge < -0.3 is 14.8 Å². The molecular formula is C15H20ClNO3. The van der Waals surface area contributed by atoms with E-state index in [-0.39, 0.29) is 18.1 Å². The minimum Gasteiger partial charge on any atom is -0.382 e. The molecule has 110 valence electrons. The summed E-state index contributed by atoms with van der Waals surface area (Å²) in [5.74, 6) is -0.114. The molecule has 2 rings (SSSR count). The van der Waals surface area contributed by atoms with Crippen molar-refractivity contribution < 1.29 is 14.3 Å². The Morgan fingerprint density at radius 1 is 1.60 bits per heavy atom. The molecule has 1 aromatic rings. The molecule has 1 aliphatic heterocycles. The van der Waals surface area contributed by atoms with E-state index < -0.39 is 0 Å². The highest BCUT2D eigenvalue weighted by molar-refractivity contribution is 6.30. The number of rotatable bonds is 5. The van der Waals surface area contributed by atoms with Gasteiger partial charge in [0.25, 0.3) is 5.91 Å². The maximum absolute atomic E-state index is 12.4. The van der Waals surface area contributed by atoms with Crippen molar-refractivity contribution in [2.45, 2.75) is 31.9 Å². The normalized spacial score (nSPS) is 19.9. The van der Waals surface area contributed by atoms with Crippen LogP contribution < -0.4 is 5.32 Å². The molecule has 1 heterocycles. The van der Waals surface area contributed by atoms with Crippen molar-refractivity contribution in [2.75, 3.05) is 20.3 Å². The lowest BCUT2D eigenvalue weighted by molar-refractivity contribution is 0.0403. The predicted molar refractivity (Wildman–Crippen MR) is 78.3 cm³/mol. The topological polar surface area (TPSA) is 47.6 Å². The SMILES string of the molecule is COC[C@@H](NC(=O)c1ccc(Cl)cc1C)[C@@H]1CCCO1. The summed E-state index contributed by atoms with van der Waals surface area (Å²) in [4.78, 5) is 12.4. The number of carbonyl (C=O) groups excluding carboxylic acids is 1. The number of hydrogen-bond donors (Lipinski definition) is 1. The fourth-order valence-electron chi connectivity index (χ4n) is 2.47. The van der Waals surface area contributed by atoms with Gasteiger partial charge in [0.1, 0.15) is 0 Å². The zero-order valence-electron chi connectivity index (χ0n) is 11.8. The second kappa shape index (κ2) is 7.07. The third kappa shape index (κ3) is 3.72. The number of amides is 1. The first-order valence-electron chi connectivity index (χ1n) is 6.79. The maximum atomic E-state index is 12.4. The summed E-state index contributed by atoms with van der Waals surface area (Å²) in [6, 6.07) is 5.13. The zero-order valence-corrected chi connectivity index (χ0v) is 12.6. The van der Waals surface area contributed by atoms with Crippen LogP contribution in [0.1, 0.15) is 28.8 Å². The number of nitrogens with one attached hydrogen (secondary N) is 1. The minimum absolute atomic E-state index is 0.0338. The summed E-state index contributed by atoms with van der Waals surface area (Å²) in [5.41, 5.74) is 1.49. The molecule has 5 heteroatoms. The Kier molecular flexibility index (Phi) is 5.40. The Morgan fingerprint density at radius 3 is 3.00 bits per heavy atom. The van der Waals surface area contributed by atoms with Gasteiger partial charge in [-0.15, -0.1) is 0 Å². The van der Waals surface area contributed by atoms with Crippen molar-refractivity contribution in [2.24, 2.45) is 0 Å². The molecule has 4 nitrogen and oxygen atoms in total. The van der Waals surface area contributed by atoms with Crippen molar-refractivity contribution in [3.05, 3.63) is 34.3 Å². The van der Waals surface area contributed by atoms with Gasteiger partial charge in [-0.05, 0) is 43.5 Å². The molecule has 1 saturated heterocycles. The van der Waals surface area contributed by atoms with E-state index in [1.807, 2.05) is 6.92 Å². The van der Waals surface area contributed by atoms with Crippen LogP contribution in [0, 0.1) is 6.92 Å². The summed E-state index contributed by atoms with van der Waals surface area (Å²) < 4.78 is 10.8. The van der Waals surface area contributed by atoms with Gasteiger partial charge >= 0.3 is 0 Å². The van der Waals surface area contributed by atoms with Gasteiger partial charge in [-0.1, -0.05) is 11.6 Å². The first-order chi connectivity index (χ1) is 9.61. The van der Waals surface area contributed by atoms with Crippen LogP contribution in [0.5, 0.6) is 0 Å². The van der Waals surface area contributed by atoms with E-state index in [0.717, 1.165) is 25.0 Å². The van der Waals surface area contributed by atoms with Crippen LogP contribution >= 0.6 is 11.6 Å². The molecule has 1 amide bonds. The van der Waals surface area contributed by atoms with Crippen molar-refractivity contribution in [1.82, 2.24) is 5.32 Å². The lowest BCUT2D eigenvalue weighted by Gasteiger charge is -2.23. The van der Waals surface area contributed by atoms with Crippen molar-refractivity contribution in [1.29, 1.82) is 0 Å². The van der Waals surface area contributed by atoms with Crippen LogP contribution in [0.3, 0.4) is 0 Å². The number of carbonyl (C=O) groups is 1. The smallest absolute Gasteiger partial charge is 0.251 e. The predicted octanol–water partition coefficient (Wildman–Crippen LogP) is 2.57. The molecule has 0 unspecified atom stereocenters. The van der Waals surface area contributed by atoms with Crippen molar-refractivity contribution in [3.63, 3.8) is 0 Å². The molecule has 0 radical (unpaired) electrons. The lowest BCUT2D eigenvalue weighted by atomic mass is 10.1. The quantitative estimate of drug-likeness (QED) is 0.909. The van der Waals surface area contributed by atoms with Crippen molar-refractivity contribution in [3.8, 4) is 0 Å². The molecule has 0 aliphatic carbocycles. The third-order valence-electron chi connectivity index (χ3n) is 3.51. The van der Waals surface area contributed by atoms with Crippen LogP contribution in [-0.2, 0) is 9.47 Å². The minimum atomic E-state index is -0.120. The molecule has 20 heavy (non-hydrogen) atoms. The zero-order chi connectivity index (χ0) is 14.5. The molecule has 0 spiro atoms. The van der Waals surface area contributed by atoms with E-state index >= 15 is 0 Å². The van der Waals surface area contributed by atoms with E-state index in [1.54, 1.807) is 25.3 Å². The lowest BCUT2D eigenvalue weighted by Crippen LogP contribution is -2.46. The standard InChI is InChI=1S/C15H20ClNO3/c1-10-8-11(16)5-6-12(10)15(18)17-13(9-19-2)14-4-3-7-20-14/h5-6,8,13-14H,3-4,7,9H2,1-2H3,(H,17,18)/t13-,14+/m1/s1. The first-order valence-corrected chi connectivity index (χ1v) is 7.17. The second-order valence-electron chi connectivity index (χ2n) is 5.05. The summed E-state index contributed by atoms with van der Waals surface area (Å²) in [6.45, 7) is 3.07. The molecule has 1 aromatic carbocycles. The van der Waals surface area contributed by atoms with Gasteiger partial charge in [-0.25, -0.2) is 0 Å². The summed E-state index contributed by atoms with van der Waals surface area (Å²) in [5, 5.41) is 3.64. The van der Waals surface area contributed by atoms with E-state index in [2.05, 4.69) is 5.32 Å². The van der Waals surface area contributed by atoms with Gasteiger partial charge in [0.2, 0.25) is 0 Å². The van der Waals surface area contributed by atoms with Crippen LogP contribution in [0.15, 0.2) is 18.2 Å². The van der Waals surface area contributed by atoms with Crippen LogP contribution in [0.2, 0.25) is 5.02 Å². The van der Waals surface area contributed by atoms with Gasteiger partial charge in [0.15, 0.2) is 0 Å². The summed E-state index contributed by atoms with van der Waals surface area (Å²) >= 11 is 5.91.